The average molecular weight is 193 g/mol. The highest BCUT2D eigenvalue weighted by molar-refractivity contribution is 5.75. The highest BCUT2D eigenvalue weighted by atomic mass is 19.4. The first-order valence-electron chi connectivity index (χ1n) is 3.43. The van der Waals surface area contributed by atoms with Crippen LogP contribution in [0.25, 0.3) is 0 Å². The van der Waals surface area contributed by atoms with Crippen LogP contribution in [0.3, 0.4) is 0 Å². The van der Waals surface area contributed by atoms with Gasteiger partial charge in [0.15, 0.2) is 0 Å². The first-order valence-corrected chi connectivity index (χ1v) is 3.43. The van der Waals surface area contributed by atoms with Gasteiger partial charge in [0.2, 0.25) is 0 Å². The summed E-state index contributed by atoms with van der Waals surface area (Å²) in [5.74, 6) is -0.000477. The van der Waals surface area contributed by atoms with Crippen molar-refractivity contribution in [1.29, 1.82) is 0 Å². The lowest BCUT2D eigenvalue weighted by Gasteiger charge is -2.33. The molecule has 0 radical (unpaired) electrons. The van der Waals surface area contributed by atoms with E-state index in [-0.39, 0.29) is 19.0 Å². The number of hydroxylamine groups is 2. The van der Waals surface area contributed by atoms with E-state index in [2.05, 4.69) is 10.8 Å². The van der Waals surface area contributed by atoms with E-state index in [1.807, 2.05) is 0 Å². The van der Waals surface area contributed by atoms with E-state index in [1.54, 1.807) is 0 Å². The third kappa shape index (κ3) is 2.36. The van der Waals surface area contributed by atoms with Crippen LogP contribution in [0.2, 0.25) is 0 Å². The van der Waals surface area contributed by atoms with Crippen LogP contribution >= 0.6 is 0 Å². The zero-order valence-corrected chi connectivity index (χ0v) is 6.47. The fourth-order valence-electron chi connectivity index (χ4n) is 0.787. The van der Waals surface area contributed by atoms with Crippen molar-refractivity contribution in [3.8, 4) is 12.3 Å². The molecule has 1 aliphatic heterocycles. The molecule has 1 fully saturated rings. The quantitative estimate of drug-likeness (QED) is 0.570. The molecule has 0 saturated carbocycles. The average Bonchev–Trinajstić information content (AvgIpc) is 1.93. The number of halogens is 3. The van der Waals surface area contributed by atoms with Crippen LogP contribution < -0.4 is 0 Å². The van der Waals surface area contributed by atoms with Gasteiger partial charge < -0.3 is 4.84 Å². The summed E-state index contributed by atoms with van der Waals surface area (Å²) in [6.07, 6.45) is 0.0300. The van der Waals surface area contributed by atoms with E-state index in [4.69, 9.17) is 6.42 Å². The highest BCUT2D eigenvalue weighted by Gasteiger charge is 2.44. The first kappa shape index (κ1) is 9.86. The SMILES string of the molecule is C#CC1CN(OC(=O)C(F)(F)F)C1. The second kappa shape index (κ2) is 3.26. The fourth-order valence-corrected chi connectivity index (χ4v) is 0.787. The second-order valence-corrected chi connectivity index (χ2v) is 2.59. The van der Waals surface area contributed by atoms with Crippen LogP contribution in [0, 0.1) is 18.3 Å². The van der Waals surface area contributed by atoms with Crippen molar-refractivity contribution in [2.45, 2.75) is 6.18 Å². The molecule has 0 aromatic rings. The molecule has 3 nitrogen and oxygen atoms in total. The molecule has 1 aliphatic rings. The summed E-state index contributed by atoms with van der Waals surface area (Å²) in [6, 6.07) is 0. The minimum Gasteiger partial charge on any atom is -0.361 e. The summed E-state index contributed by atoms with van der Waals surface area (Å²) in [4.78, 5) is 14.2. The van der Waals surface area contributed by atoms with E-state index in [1.165, 1.54) is 0 Å². The Kier molecular flexibility index (Phi) is 2.48. The number of alkyl halides is 3. The summed E-state index contributed by atoms with van der Waals surface area (Å²) in [5.41, 5.74) is 0. The molecule has 0 atom stereocenters. The molecule has 6 heteroatoms. The fraction of sp³-hybridized carbons (Fsp3) is 0.571. The van der Waals surface area contributed by atoms with Gasteiger partial charge in [0.1, 0.15) is 0 Å². The van der Waals surface area contributed by atoms with Crippen molar-refractivity contribution in [3.63, 3.8) is 0 Å². The van der Waals surface area contributed by atoms with Crippen molar-refractivity contribution >= 4 is 5.97 Å². The molecule has 72 valence electrons. The molecule has 0 unspecified atom stereocenters. The van der Waals surface area contributed by atoms with Crippen molar-refractivity contribution in [2.24, 2.45) is 5.92 Å². The maximum atomic E-state index is 11.6. The monoisotopic (exact) mass is 193 g/mol. The summed E-state index contributed by atoms with van der Waals surface area (Å²) in [7, 11) is 0. The summed E-state index contributed by atoms with van der Waals surface area (Å²) in [5, 5.41) is 0.889. The van der Waals surface area contributed by atoms with Crippen molar-refractivity contribution in [2.75, 3.05) is 13.1 Å². The molecule has 0 aromatic heterocycles. The Labute approximate surface area is 72.4 Å². The summed E-state index contributed by atoms with van der Waals surface area (Å²) < 4.78 is 34.8. The van der Waals surface area contributed by atoms with E-state index < -0.39 is 12.1 Å². The Morgan fingerprint density at radius 1 is 1.54 bits per heavy atom. The van der Waals surface area contributed by atoms with E-state index in [0.717, 1.165) is 5.06 Å². The number of carbonyl (C=O) groups is 1. The molecule has 0 amide bonds. The van der Waals surface area contributed by atoms with E-state index in [0.29, 0.717) is 0 Å². The van der Waals surface area contributed by atoms with Crippen molar-refractivity contribution in [1.82, 2.24) is 5.06 Å². The zero-order chi connectivity index (χ0) is 10.1. The number of carbonyl (C=O) groups excluding carboxylic acids is 1. The lowest BCUT2D eigenvalue weighted by molar-refractivity contribution is -0.254. The maximum Gasteiger partial charge on any atom is 0.492 e. The first-order chi connectivity index (χ1) is 5.93. The Balaban J connectivity index is 2.30. The second-order valence-electron chi connectivity index (χ2n) is 2.59. The van der Waals surface area contributed by atoms with Crippen molar-refractivity contribution in [3.05, 3.63) is 0 Å². The van der Waals surface area contributed by atoms with Gasteiger partial charge in [0.05, 0.1) is 19.0 Å². The number of rotatable bonds is 1. The third-order valence-electron chi connectivity index (χ3n) is 1.53. The van der Waals surface area contributed by atoms with Gasteiger partial charge in [-0.2, -0.15) is 13.2 Å². The van der Waals surface area contributed by atoms with E-state index in [9.17, 15) is 18.0 Å². The predicted octanol–water partition coefficient (Wildman–Crippen LogP) is 0.572. The van der Waals surface area contributed by atoms with Crippen LogP contribution in [0.1, 0.15) is 0 Å². The van der Waals surface area contributed by atoms with Gasteiger partial charge in [0, 0.05) is 0 Å². The van der Waals surface area contributed by atoms with Gasteiger partial charge >= 0.3 is 12.1 Å². The number of hydrogen-bond donors (Lipinski definition) is 0. The van der Waals surface area contributed by atoms with Gasteiger partial charge in [-0.3, -0.25) is 0 Å². The Hall–Kier alpha value is -1.22. The number of terminal acetylenes is 1. The standard InChI is InChI=1S/C7H6F3NO2/c1-2-5-3-11(4-5)13-6(12)7(8,9)10/h1,5H,3-4H2. The van der Waals surface area contributed by atoms with Crippen LogP contribution in [0.5, 0.6) is 0 Å². The Morgan fingerprint density at radius 3 is 2.46 bits per heavy atom. The van der Waals surface area contributed by atoms with Crippen LogP contribution in [0.15, 0.2) is 0 Å². The van der Waals surface area contributed by atoms with Crippen LogP contribution in [-0.2, 0) is 9.63 Å². The molecule has 0 aromatic carbocycles. The lowest BCUT2D eigenvalue weighted by Crippen LogP contribution is -2.48. The van der Waals surface area contributed by atoms with Crippen LogP contribution in [-0.4, -0.2) is 30.3 Å². The normalized spacial score (nSPS) is 18.9. The molecular weight excluding hydrogens is 187 g/mol. The molecule has 1 heterocycles. The molecule has 0 spiro atoms. The number of nitrogens with zero attached hydrogens (tertiary/aromatic N) is 1. The largest absolute Gasteiger partial charge is 0.492 e. The molecule has 1 rings (SSSR count). The predicted molar refractivity (Wildman–Crippen MR) is 36.0 cm³/mol. The Morgan fingerprint density at radius 2 is 2.08 bits per heavy atom. The highest BCUT2D eigenvalue weighted by Crippen LogP contribution is 2.21. The lowest BCUT2D eigenvalue weighted by atomic mass is 10.1. The molecule has 0 bridgehead atoms. The number of hydrogen-bond acceptors (Lipinski definition) is 3. The van der Waals surface area contributed by atoms with E-state index >= 15 is 0 Å². The summed E-state index contributed by atoms with van der Waals surface area (Å²) >= 11 is 0. The maximum absolute atomic E-state index is 11.6. The molecule has 0 N–H and O–H groups in total. The van der Waals surface area contributed by atoms with Gasteiger partial charge in [-0.15, -0.1) is 17.4 Å². The van der Waals surface area contributed by atoms with Gasteiger partial charge in [0.25, 0.3) is 0 Å². The zero-order valence-electron chi connectivity index (χ0n) is 6.47. The minimum atomic E-state index is -4.94. The molecular formula is C7H6F3NO2. The van der Waals surface area contributed by atoms with Crippen LogP contribution in [0.4, 0.5) is 13.2 Å². The van der Waals surface area contributed by atoms with Gasteiger partial charge in [-0.1, -0.05) is 0 Å². The van der Waals surface area contributed by atoms with Gasteiger partial charge in [-0.05, 0) is 0 Å². The minimum absolute atomic E-state index is 0.124. The molecule has 1 saturated heterocycles. The molecule has 0 aliphatic carbocycles. The molecule has 13 heavy (non-hydrogen) atoms. The van der Waals surface area contributed by atoms with Gasteiger partial charge in [-0.25, -0.2) is 4.79 Å². The summed E-state index contributed by atoms with van der Waals surface area (Å²) in [6.45, 7) is 0.330. The third-order valence-corrected chi connectivity index (χ3v) is 1.53. The van der Waals surface area contributed by atoms with Crippen molar-refractivity contribution < 1.29 is 22.8 Å². The smallest absolute Gasteiger partial charge is 0.361 e. The topological polar surface area (TPSA) is 29.5 Å². The Bertz CT molecular complexity index is 249.